The monoisotopic (exact) mass is 446 g/mol. The molecule has 1 amide bonds. The zero-order valence-electron chi connectivity index (χ0n) is 20.2. The van der Waals surface area contributed by atoms with E-state index in [1.807, 2.05) is 40.1 Å². The molecule has 3 rings (SSSR count). The highest BCUT2D eigenvalue weighted by atomic mass is 16.6. The van der Waals surface area contributed by atoms with Crippen LogP contribution in [-0.2, 0) is 4.74 Å². The van der Waals surface area contributed by atoms with E-state index in [1.165, 1.54) is 0 Å². The molecule has 0 bridgehead atoms. The van der Waals surface area contributed by atoms with Gasteiger partial charge in [0.1, 0.15) is 16.9 Å². The Hall–Kier alpha value is -2.55. The molecule has 3 N–H and O–H groups in total. The summed E-state index contributed by atoms with van der Waals surface area (Å²) >= 11 is 0. The van der Waals surface area contributed by atoms with Crippen molar-refractivity contribution in [2.75, 3.05) is 30.3 Å². The van der Waals surface area contributed by atoms with Gasteiger partial charge in [-0.15, -0.1) is 0 Å². The number of aliphatic hydroxyl groups is 1. The number of likely N-dealkylation sites (tertiary alicyclic amines) is 1. The molecular weight excluding hydrogens is 408 g/mol. The Labute approximate surface area is 190 Å². The van der Waals surface area contributed by atoms with Crippen LogP contribution in [0.15, 0.2) is 12.4 Å². The van der Waals surface area contributed by atoms with Gasteiger partial charge in [0.15, 0.2) is 5.65 Å². The van der Waals surface area contributed by atoms with Gasteiger partial charge in [0.25, 0.3) is 0 Å². The number of nitrogens with zero attached hydrogens (tertiary/aromatic N) is 4. The summed E-state index contributed by atoms with van der Waals surface area (Å²) in [6.45, 7) is 13.2. The smallest absolute Gasteiger partial charge is 0.410 e. The molecule has 1 fully saturated rings. The number of aliphatic hydroxyl groups excluding tert-OH is 1. The summed E-state index contributed by atoms with van der Waals surface area (Å²) in [7, 11) is 0. The number of nitrogens with one attached hydrogen (secondary N) is 2. The minimum Gasteiger partial charge on any atom is -0.444 e. The topological polar surface area (TPSA) is 105 Å². The van der Waals surface area contributed by atoms with Gasteiger partial charge in [-0.1, -0.05) is 6.92 Å². The molecule has 0 aromatic carbocycles. The highest BCUT2D eigenvalue weighted by molar-refractivity contribution is 5.88. The molecule has 178 valence electrons. The van der Waals surface area contributed by atoms with Crippen molar-refractivity contribution in [2.45, 2.75) is 84.5 Å². The number of piperidine rings is 1. The molecule has 32 heavy (non-hydrogen) atoms. The molecule has 2 aromatic rings. The largest absolute Gasteiger partial charge is 0.444 e. The third-order valence-electron chi connectivity index (χ3n) is 5.66. The van der Waals surface area contributed by atoms with Crippen molar-refractivity contribution in [1.29, 1.82) is 0 Å². The first kappa shape index (κ1) is 24.1. The molecule has 9 nitrogen and oxygen atoms in total. The van der Waals surface area contributed by atoms with Gasteiger partial charge in [0.05, 0.1) is 24.7 Å². The van der Waals surface area contributed by atoms with E-state index in [-0.39, 0.29) is 30.8 Å². The van der Waals surface area contributed by atoms with E-state index in [9.17, 15) is 9.90 Å². The molecule has 1 atom stereocenters. The maximum Gasteiger partial charge on any atom is 0.410 e. The Bertz CT molecular complexity index is 908. The van der Waals surface area contributed by atoms with Crippen LogP contribution in [0.2, 0.25) is 0 Å². The normalized spacial score (nSPS) is 16.4. The molecule has 0 unspecified atom stereocenters. The van der Waals surface area contributed by atoms with Crippen molar-refractivity contribution in [3.8, 4) is 0 Å². The SMILES string of the molecule is CC[C@H](CO)Nc1cc(NC2CCN(C(=O)OC(C)(C)C)CC2)c2ncn(C(C)C)c2n1. The van der Waals surface area contributed by atoms with Gasteiger partial charge in [-0.05, 0) is 53.9 Å². The van der Waals surface area contributed by atoms with Crippen LogP contribution in [0.1, 0.15) is 66.8 Å². The van der Waals surface area contributed by atoms with Gasteiger partial charge in [-0.2, -0.15) is 0 Å². The van der Waals surface area contributed by atoms with Crippen LogP contribution in [-0.4, -0.2) is 68.0 Å². The lowest BCUT2D eigenvalue weighted by molar-refractivity contribution is 0.0210. The maximum absolute atomic E-state index is 12.4. The lowest BCUT2D eigenvalue weighted by Gasteiger charge is -2.34. The molecule has 3 heterocycles. The fraction of sp³-hybridized carbons (Fsp3) is 0.696. The van der Waals surface area contributed by atoms with Crippen molar-refractivity contribution in [2.24, 2.45) is 0 Å². The highest BCUT2D eigenvalue weighted by Gasteiger charge is 2.27. The summed E-state index contributed by atoms with van der Waals surface area (Å²) in [6, 6.07) is 2.36. The lowest BCUT2D eigenvalue weighted by atomic mass is 10.0. The Morgan fingerprint density at radius 1 is 1.31 bits per heavy atom. The summed E-state index contributed by atoms with van der Waals surface area (Å²) < 4.78 is 7.56. The first-order valence-electron chi connectivity index (χ1n) is 11.6. The standard InChI is InChI=1S/C23H38N6O3/c1-7-16(13-30)26-19-12-18(20-21(27-19)29(14-24-20)15(2)3)25-17-8-10-28(11-9-17)22(31)32-23(4,5)6/h12,14-17,30H,7-11,13H2,1-6H3,(H2,25,26,27)/t16-/m1/s1. The summed E-state index contributed by atoms with van der Waals surface area (Å²) in [5.74, 6) is 0.717. The fourth-order valence-electron chi connectivity index (χ4n) is 3.81. The molecule has 9 heteroatoms. The predicted octanol–water partition coefficient (Wildman–Crippen LogP) is 4.01. The summed E-state index contributed by atoms with van der Waals surface area (Å²) in [6.07, 6.45) is 4.02. The summed E-state index contributed by atoms with van der Waals surface area (Å²) in [5, 5.41) is 16.6. The second kappa shape index (κ2) is 9.94. The molecule has 2 aromatic heterocycles. The van der Waals surface area contributed by atoms with E-state index >= 15 is 0 Å². The third-order valence-corrected chi connectivity index (χ3v) is 5.66. The summed E-state index contributed by atoms with van der Waals surface area (Å²) in [4.78, 5) is 23.5. The Balaban J connectivity index is 1.77. The number of carbonyl (C=O) groups excluding carboxylic acids is 1. The maximum atomic E-state index is 12.4. The molecule has 1 saturated heterocycles. The number of imidazole rings is 1. The minimum atomic E-state index is -0.488. The Morgan fingerprint density at radius 2 is 2.00 bits per heavy atom. The van der Waals surface area contributed by atoms with Gasteiger partial charge in [-0.3, -0.25) is 0 Å². The predicted molar refractivity (Wildman–Crippen MR) is 127 cm³/mol. The van der Waals surface area contributed by atoms with Crippen LogP contribution in [0, 0.1) is 0 Å². The second-order valence-electron chi connectivity index (χ2n) is 9.79. The first-order chi connectivity index (χ1) is 15.1. The van der Waals surface area contributed by atoms with E-state index in [0.29, 0.717) is 13.1 Å². The van der Waals surface area contributed by atoms with Crippen LogP contribution >= 0.6 is 0 Å². The Kier molecular flexibility index (Phi) is 7.48. The average Bonchev–Trinajstić information content (AvgIpc) is 3.16. The van der Waals surface area contributed by atoms with Gasteiger partial charge >= 0.3 is 6.09 Å². The number of fused-ring (bicyclic) bond motifs is 1. The van der Waals surface area contributed by atoms with Crippen molar-refractivity contribution < 1.29 is 14.6 Å². The molecule has 1 aliphatic rings. The number of amides is 1. The number of anilines is 2. The molecule has 0 aliphatic carbocycles. The van der Waals surface area contributed by atoms with Gasteiger partial charge in [0.2, 0.25) is 0 Å². The van der Waals surface area contributed by atoms with Crippen molar-refractivity contribution in [3.05, 3.63) is 12.4 Å². The van der Waals surface area contributed by atoms with E-state index in [4.69, 9.17) is 9.72 Å². The minimum absolute atomic E-state index is 0.0472. The molecule has 0 spiro atoms. The van der Waals surface area contributed by atoms with Crippen LogP contribution in [0.25, 0.3) is 11.2 Å². The quantitative estimate of drug-likeness (QED) is 0.590. The number of carbonyl (C=O) groups is 1. The van der Waals surface area contributed by atoms with E-state index in [2.05, 4.69) is 34.0 Å². The molecule has 0 radical (unpaired) electrons. The van der Waals surface area contributed by atoms with Crippen molar-refractivity contribution >= 4 is 28.8 Å². The van der Waals surface area contributed by atoms with Crippen LogP contribution in [0.4, 0.5) is 16.3 Å². The van der Waals surface area contributed by atoms with E-state index in [1.54, 1.807) is 4.90 Å². The van der Waals surface area contributed by atoms with Gasteiger partial charge in [0, 0.05) is 31.2 Å². The fourth-order valence-corrected chi connectivity index (χ4v) is 3.81. The van der Waals surface area contributed by atoms with Crippen LogP contribution < -0.4 is 10.6 Å². The number of hydrogen-bond donors (Lipinski definition) is 3. The summed E-state index contributed by atoms with van der Waals surface area (Å²) in [5.41, 5.74) is 2.07. The third kappa shape index (κ3) is 5.82. The van der Waals surface area contributed by atoms with Crippen molar-refractivity contribution in [3.63, 3.8) is 0 Å². The second-order valence-corrected chi connectivity index (χ2v) is 9.79. The number of rotatable bonds is 7. The zero-order chi connectivity index (χ0) is 23.5. The highest BCUT2D eigenvalue weighted by Crippen LogP contribution is 2.29. The molecule has 1 aliphatic heterocycles. The number of aromatic nitrogens is 3. The lowest BCUT2D eigenvalue weighted by Crippen LogP contribution is -2.44. The Morgan fingerprint density at radius 3 is 2.56 bits per heavy atom. The number of ether oxygens (including phenoxy) is 1. The molecular formula is C23H38N6O3. The zero-order valence-corrected chi connectivity index (χ0v) is 20.2. The number of pyridine rings is 1. The van der Waals surface area contributed by atoms with Crippen LogP contribution in [0.3, 0.4) is 0 Å². The van der Waals surface area contributed by atoms with Gasteiger partial charge in [-0.25, -0.2) is 14.8 Å². The van der Waals surface area contributed by atoms with Gasteiger partial charge < -0.3 is 29.9 Å². The average molecular weight is 447 g/mol. The van der Waals surface area contributed by atoms with E-state index in [0.717, 1.165) is 41.9 Å². The van der Waals surface area contributed by atoms with E-state index < -0.39 is 5.60 Å². The molecule has 0 saturated carbocycles. The van der Waals surface area contributed by atoms with Crippen molar-refractivity contribution in [1.82, 2.24) is 19.4 Å². The van der Waals surface area contributed by atoms with Crippen LogP contribution in [0.5, 0.6) is 0 Å². The number of hydrogen-bond acceptors (Lipinski definition) is 7. The first-order valence-corrected chi connectivity index (χ1v) is 11.6.